The van der Waals surface area contributed by atoms with Gasteiger partial charge in [-0.1, -0.05) is 0 Å². The van der Waals surface area contributed by atoms with Gasteiger partial charge in [0.25, 0.3) is 0 Å². The topological polar surface area (TPSA) is 67.2 Å². The van der Waals surface area contributed by atoms with Crippen LogP contribution in [0.25, 0.3) is 0 Å². The minimum Gasteiger partial charge on any atom is -0.480 e. The Kier molecular flexibility index (Phi) is 2.73. The zero-order chi connectivity index (χ0) is 10.8. The maximum Gasteiger partial charge on any atom is 0.320 e. The molecule has 0 aromatic carbocycles. The Labute approximate surface area is 88.1 Å². The van der Waals surface area contributed by atoms with Gasteiger partial charge in [-0.3, -0.25) is 10.1 Å². The van der Waals surface area contributed by atoms with Gasteiger partial charge in [0.1, 0.15) is 6.04 Å². The van der Waals surface area contributed by atoms with Crippen molar-refractivity contribution in [3.63, 3.8) is 0 Å². The van der Waals surface area contributed by atoms with Gasteiger partial charge in [-0.25, -0.2) is 4.98 Å². The molecular formula is C10H15N3O2. The van der Waals surface area contributed by atoms with Gasteiger partial charge in [-0.05, 0) is 18.8 Å². The number of carbonyl (C=O) groups is 1. The summed E-state index contributed by atoms with van der Waals surface area (Å²) in [6.45, 7) is 0.559. The third-order valence-electron chi connectivity index (χ3n) is 2.78. The summed E-state index contributed by atoms with van der Waals surface area (Å²) in [6, 6.07) is -0.403. The highest BCUT2D eigenvalue weighted by Crippen LogP contribution is 2.32. The van der Waals surface area contributed by atoms with Gasteiger partial charge < -0.3 is 9.67 Å². The van der Waals surface area contributed by atoms with Crippen LogP contribution >= 0.6 is 0 Å². The molecule has 1 saturated carbocycles. The maximum atomic E-state index is 10.9. The van der Waals surface area contributed by atoms with Crippen LogP contribution in [0.3, 0.4) is 0 Å². The van der Waals surface area contributed by atoms with E-state index in [0.29, 0.717) is 12.5 Å². The molecule has 1 unspecified atom stereocenters. The van der Waals surface area contributed by atoms with E-state index in [1.807, 2.05) is 11.6 Å². The molecule has 0 bridgehead atoms. The average molecular weight is 209 g/mol. The first-order valence-electron chi connectivity index (χ1n) is 5.10. The number of aromatic nitrogens is 2. The Morgan fingerprint density at radius 2 is 2.53 bits per heavy atom. The highest BCUT2D eigenvalue weighted by Gasteiger charge is 2.35. The second-order valence-corrected chi connectivity index (χ2v) is 4.03. The molecule has 1 fully saturated rings. The Hall–Kier alpha value is -1.36. The summed E-state index contributed by atoms with van der Waals surface area (Å²) in [5, 5.41) is 12.1. The van der Waals surface area contributed by atoms with E-state index < -0.39 is 12.0 Å². The first-order chi connectivity index (χ1) is 7.18. The number of hydrogen-bond acceptors (Lipinski definition) is 3. The Morgan fingerprint density at radius 3 is 3.00 bits per heavy atom. The maximum absolute atomic E-state index is 10.9. The van der Waals surface area contributed by atoms with Crippen LogP contribution in [0, 0.1) is 5.92 Å². The largest absolute Gasteiger partial charge is 0.480 e. The fourth-order valence-electron chi connectivity index (χ4n) is 1.65. The highest BCUT2D eigenvalue weighted by atomic mass is 16.4. The number of rotatable bonds is 5. The van der Waals surface area contributed by atoms with Crippen LogP contribution in [0.2, 0.25) is 0 Å². The number of carboxylic acids is 1. The Bertz CT molecular complexity index is 357. The molecule has 1 aliphatic carbocycles. The summed E-state index contributed by atoms with van der Waals surface area (Å²) in [6.07, 6.45) is 5.51. The second kappa shape index (κ2) is 4.02. The van der Waals surface area contributed by atoms with Crippen molar-refractivity contribution < 1.29 is 9.90 Å². The molecule has 1 aromatic heterocycles. The van der Waals surface area contributed by atoms with Crippen LogP contribution < -0.4 is 5.32 Å². The van der Waals surface area contributed by atoms with Crippen molar-refractivity contribution in [3.8, 4) is 0 Å². The average Bonchev–Trinajstić information content (AvgIpc) is 2.92. The summed E-state index contributed by atoms with van der Waals surface area (Å²) in [4.78, 5) is 14.9. The zero-order valence-corrected chi connectivity index (χ0v) is 8.68. The Balaban J connectivity index is 1.91. The van der Waals surface area contributed by atoms with Gasteiger partial charge >= 0.3 is 5.97 Å². The highest BCUT2D eigenvalue weighted by molar-refractivity contribution is 5.74. The van der Waals surface area contributed by atoms with Crippen molar-refractivity contribution in [3.05, 3.63) is 18.2 Å². The molecule has 0 saturated heterocycles. The standard InChI is InChI=1S/C10H15N3O2/c1-13-6-11-4-8(13)5-12-9(10(14)15)7-2-3-7/h4,6-7,9,12H,2-3,5H2,1H3,(H,14,15). The van der Waals surface area contributed by atoms with E-state index in [9.17, 15) is 4.79 Å². The van der Waals surface area contributed by atoms with E-state index in [0.717, 1.165) is 18.5 Å². The third-order valence-corrected chi connectivity index (χ3v) is 2.78. The molecule has 2 N–H and O–H groups in total. The predicted molar refractivity (Wildman–Crippen MR) is 54.2 cm³/mol. The predicted octanol–water partition coefficient (Wildman–Crippen LogP) is 0.373. The summed E-state index contributed by atoms with van der Waals surface area (Å²) >= 11 is 0. The van der Waals surface area contributed by atoms with Crippen molar-refractivity contribution in [2.45, 2.75) is 25.4 Å². The van der Waals surface area contributed by atoms with Gasteiger partial charge in [0.15, 0.2) is 0 Å². The lowest BCUT2D eigenvalue weighted by atomic mass is 10.2. The van der Waals surface area contributed by atoms with E-state index >= 15 is 0 Å². The first-order valence-corrected chi connectivity index (χ1v) is 5.10. The molecule has 0 amide bonds. The fraction of sp³-hybridized carbons (Fsp3) is 0.600. The van der Waals surface area contributed by atoms with Gasteiger partial charge in [0, 0.05) is 19.8 Å². The molecule has 0 radical (unpaired) electrons. The fourth-order valence-corrected chi connectivity index (χ4v) is 1.65. The quantitative estimate of drug-likeness (QED) is 0.735. The Morgan fingerprint density at radius 1 is 1.80 bits per heavy atom. The number of imidazole rings is 1. The van der Waals surface area contributed by atoms with E-state index in [2.05, 4.69) is 10.3 Å². The molecule has 1 heterocycles. The smallest absolute Gasteiger partial charge is 0.320 e. The molecule has 1 aromatic rings. The van der Waals surface area contributed by atoms with Crippen LogP contribution in [0.4, 0.5) is 0 Å². The second-order valence-electron chi connectivity index (χ2n) is 4.03. The molecule has 1 aliphatic rings. The molecule has 15 heavy (non-hydrogen) atoms. The van der Waals surface area contributed by atoms with E-state index in [-0.39, 0.29) is 0 Å². The van der Waals surface area contributed by atoms with Crippen LogP contribution in [-0.4, -0.2) is 26.7 Å². The normalized spacial score (nSPS) is 17.7. The summed E-state index contributed by atoms with van der Waals surface area (Å²) in [5.41, 5.74) is 1.00. The van der Waals surface area contributed by atoms with Crippen LogP contribution in [0.15, 0.2) is 12.5 Å². The monoisotopic (exact) mass is 209 g/mol. The lowest BCUT2D eigenvalue weighted by Gasteiger charge is -2.13. The molecule has 0 spiro atoms. The van der Waals surface area contributed by atoms with Crippen LogP contribution in [0.5, 0.6) is 0 Å². The molecule has 82 valence electrons. The summed E-state index contributed by atoms with van der Waals surface area (Å²) < 4.78 is 1.89. The molecule has 5 nitrogen and oxygen atoms in total. The van der Waals surface area contributed by atoms with Crippen molar-refractivity contribution in [1.82, 2.24) is 14.9 Å². The van der Waals surface area contributed by atoms with Gasteiger partial charge in [-0.15, -0.1) is 0 Å². The summed E-state index contributed by atoms with van der Waals surface area (Å²) in [7, 11) is 1.90. The number of aliphatic carboxylic acids is 1. The van der Waals surface area contributed by atoms with Crippen molar-refractivity contribution >= 4 is 5.97 Å². The van der Waals surface area contributed by atoms with Crippen LogP contribution in [0.1, 0.15) is 18.5 Å². The number of hydrogen-bond donors (Lipinski definition) is 2. The molecule has 5 heteroatoms. The summed E-state index contributed by atoms with van der Waals surface area (Å²) in [5.74, 6) is -0.435. The van der Waals surface area contributed by atoms with E-state index in [4.69, 9.17) is 5.11 Å². The SMILES string of the molecule is Cn1cncc1CNC(C(=O)O)C1CC1. The number of aryl methyl sites for hydroxylation is 1. The van der Waals surface area contributed by atoms with Crippen molar-refractivity contribution in [1.29, 1.82) is 0 Å². The van der Waals surface area contributed by atoms with E-state index in [1.165, 1.54) is 0 Å². The number of nitrogens with one attached hydrogen (secondary N) is 1. The minimum absolute atomic E-state index is 0.315. The number of nitrogens with zero attached hydrogens (tertiary/aromatic N) is 2. The minimum atomic E-state index is -0.750. The number of carboxylic acid groups (broad SMARTS) is 1. The van der Waals surface area contributed by atoms with Crippen molar-refractivity contribution in [2.75, 3.05) is 0 Å². The third kappa shape index (κ3) is 2.36. The van der Waals surface area contributed by atoms with Gasteiger partial charge in [0.2, 0.25) is 0 Å². The van der Waals surface area contributed by atoms with Gasteiger partial charge in [-0.2, -0.15) is 0 Å². The lowest BCUT2D eigenvalue weighted by molar-refractivity contribution is -0.140. The molecular weight excluding hydrogens is 194 g/mol. The molecule has 2 rings (SSSR count). The lowest BCUT2D eigenvalue weighted by Crippen LogP contribution is -2.38. The van der Waals surface area contributed by atoms with Crippen molar-refractivity contribution in [2.24, 2.45) is 13.0 Å². The van der Waals surface area contributed by atoms with Gasteiger partial charge in [0.05, 0.1) is 12.0 Å². The van der Waals surface area contributed by atoms with E-state index in [1.54, 1.807) is 12.5 Å². The first kappa shape index (κ1) is 10.2. The molecule has 1 atom stereocenters. The van der Waals surface area contributed by atoms with Crippen LogP contribution in [-0.2, 0) is 18.4 Å². The zero-order valence-electron chi connectivity index (χ0n) is 8.68. The molecule has 0 aliphatic heterocycles.